The predicted octanol–water partition coefficient (Wildman–Crippen LogP) is 0.249. The Balaban J connectivity index is 2.45. The second-order valence-electron chi connectivity index (χ2n) is 4.19. The van der Waals surface area contributed by atoms with E-state index in [-0.39, 0.29) is 10.6 Å². The smallest absolute Gasteiger partial charge is 0.240 e. The first-order valence-electron chi connectivity index (χ1n) is 5.92. The third kappa shape index (κ3) is 5.56. The van der Waals surface area contributed by atoms with Crippen LogP contribution in [0.5, 0.6) is 5.75 Å². The third-order valence-corrected chi connectivity index (χ3v) is 4.09. The molecule has 0 radical (unpaired) electrons. The first-order valence-corrected chi connectivity index (χ1v) is 7.40. The van der Waals surface area contributed by atoms with Gasteiger partial charge < -0.3 is 14.7 Å². The van der Waals surface area contributed by atoms with Gasteiger partial charge in [-0.2, -0.15) is 0 Å². The van der Waals surface area contributed by atoms with Gasteiger partial charge in [-0.1, -0.05) is 0 Å². The maximum Gasteiger partial charge on any atom is 0.240 e. The minimum atomic E-state index is -3.51. The lowest BCUT2D eigenvalue weighted by Crippen LogP contribution is -2.34. The van der Waals surface area contributed by atoms with Crippen LogP contribution in [-0.4, -0.2) is 58.8 Å². The largest absolute Gasteiger partial charge is 0.508 e. The van der Waals surface area contributed by atoms with E-state index in [0.29, 0.717) is 19.7 Å². The van der Waals surface area contributed by atoms with E-state index in [2.05, 4.69) is 4.72 Å². The highest BCUT2D eigenvalue weighted by atomic mass is 32.2. The van der Waals surface area contributed by atoms with Crippen LogP contribution < -0.4 is 4.72 Å². The summed E-state index contributed by atoms with van der Waals surface area (Å²) in [5.41, 5.74) is 0. The van der Waals surface area contributed by atoms with Crippen molar-refractivity contribution in [2.75, 3.05) is 40.4 Å². The molecule has 108 valence electrons. The molecule has 7 heteroatoms. The van der Waals surface area contributed by atoms with E-state index in [4.69, 9.17) is 9.84 Å². The summed E-state index contributed by atoms with van der Waals surface area (Å²) in [4.78, 5) is 2.12. The normalized spacial score (nSPS) is 11.9. The number of methoxy groups -OCH3 is 1. The average molecular weight is 288 g/mol. The van der Waals surface area contributed by atoms with Crippen molar-refractivity contribution >= 4 is 10.0 Å². The molecular formula is C12H20N2O4S. The van der Waals surface area contributed by atoms with Crippen LogP contribution in [0.25, 0.3) is 0 Å². The lowest BCUT2D eigenvalue weighted by molar-refractivity contribution is 0.162. The summed E-state index contributed by atoms with van der Waals surface area (Å²) in [5.74, 6) is 0.0400. The van der Waals surface area contributed by atoms with Gasteiger partial charge in [0.25, 0.3) is 0 Å². The van der Waals surface area contributed by atoms with Gasteiger partial charge in [-0.15, -0.1) is 0 Å². The number of sulfonamides is 1. The Morgan fingerprint density at radius 1 is 1.26 bits per heavy atom. The van der Waals surface area contributed by atoms with Crippen LogP contribution in [0.4, 0.5) is 0 Å². The highest BCUT2D eigenvalue weighted by Gasteiger charge is 2.13. The van der Waals surface area contributed by atoms with Crippen molar-refractivity contribution in [1.82, 2.24) is 9.62 Å². The zero-order valence-electron chi connectivity index (χ0n) is 11.2. The zero-order valence-corrected chi connectivity index (χ0v) is 12.0. The average Bonchev–Trinajstić information content (AvgIpc) is 2.36. The van der Waals surface area contributed by atoms with Gasteiger partial charge in [-0.25, -0.2) is 13.1 Å². The molecule has 6 nitrogen and oxygen atoms in total. The highest BCUT2D eigenvalue weighted by molar-refractivity contribution is 7.89. The van der Waals surface area contributed by atoms with E-state index in [1.165, 1.54) is 24.3 Å². The van der Waals surface area contributed by atoms with Gasteiger partial charge in [0.2, 0.25) is 10.0 Å². The third-order valence-electron chi connectivity index (χ3n) is 2.61. The molecule has 0 fully saturated rings. The second-order valence-corrected chi connectivity index (χ2v) is 5.95. The van der Waals surface area contributed by atoms with E-state index >= 15 is 0 Å². The molecule has 0 amide bonds. The SMILES string of the molecule is COCCN(C)CCNS(=O)(=O)c1ccc(O)cc1. The zero-order chi connectivity index (χ0) is 14.3. The number of benzene rings is 1. The second kappa shape index (κ2) is 7.44. The van der Waals surface area contributed by atoms with Crippen LogP contribution >= 0.6 is 0 Å². The number of hydrogen-bond acceptors (Lipinski definition) is 5. The maximum absolute atomic E-state index is 11.9. The molecule has 0 heterocycles. The molecule has 0 bridgehead atoms. The van der Waals surface area contributed by atoms with Crippen molar-refractivity contribution in [2.24, 2.45) is 0 Å². The number of phenols is 1. The molecule has 0 aliphatic rings. The van der Waals surface area contributed by atoms with Gasteiger partial charge >= 0.3 is 0 Å². The first kappa shape index (κ1) is 15.9. The van der Waals surface area contributed by atoms with Crippen LogP contribution in [0.2, 0.25) is 0 Å². The standard InChI is InChI=1S/C12H20N2O4S/c1-14(9-10-18-2)8-7-13-19(16,17)12-5-3-11(15)4-6-12/h3-6,13,15H,7-10H2,1-2H3. The molecule has 0 saturated carbocycles. The molecule has 1 aromatic carbocycles. The molecule has 0 aromatic heterocycles. The summed E-state index contributed by atoms with van der Waals surface area (Å²) in [6.07, 6.45) is 0. The number of rotatable bonds is 8. The Labute approximate surface area is 114 Å². The Bertz CT molecular complexity index is 473. The van der Waals surface area contributed by atoms with Crippen LogP contribution in [0.15, 0.2) is 29.2 Å². The molecule has 2 N–H and O–H groups in total. The van der Waals surface area contributed by atoms with Crippen molar-refractivity contribution in [3.05, 3.63) is 24.3 Å². The number of hydrogen-bond donors (Lipinski definition) is 2. The molecule has 0 spiro atoms. The van der Waals surface area contributed by atoms with Gasteiger partial charge in [0.1, 0.15) is 5.75 Å². The Morgan fingerprint density at radius 2 is 1.89 bits per heavy atom. The first-order chi connectivity index (χ1) is 8.95. The van der Waals surface area contributed by atoms with Crippen molar-refractivity contribution in [1.29, 1.82) is 0 Å². The monoisotopic (exact) mass is 288 g/mol. The molecule has 0 atom stereocenters. The predicted molar refractivity (Wildman–Crippen MR) is 72.7 cm³/mol. The van der Waals surface area contributed by atoms with Gasteiger partial charge in [0, 0.05) is 26.7 Å². The number of aromatic hydroxyl groups is 1. The number of ether oxygens (including phenoxy) is 1. The van der Waals surface area contributed by atoms with Crippen LogP contribution in [0.1, 0.15) is 0 Å². The van der Waals surface area contributed by atoms with Crippen molar-refractivity contribution in [3.63, 3.8) is 0 Å². The minimum Gasteiger partial charge on any atom is -0.508 e. The van der Waals surface area contributed by atoms with Gasteiger partial charge in [0.15, 0.2) is 0 Å². The molecule has 19 heavy (non-hydrogen) atoms. The fraction of sp³-hybridized carbons (Fsp3) is 0.500. The van der Waals surface area contributed by atoms with Crippen LogP contribution in [0.3, 0.4) is 0 Å². The van der Waals surface area contributed by atoms with Crippen LogP contribution in [0, 0.1) is 0 Å². The number of phenolic OH excluding ortho intramolecular Hbond substituents is 1. The molecule has 1 aromatic rings. The van der Waals surface area contributed by atoms with Crippen molar-refractivity contribution in [2.45, 2.75) is 4.90 Å². The molecule has 0 aliphatic carbocycles. The summed E-state index contributed by atoms with van der Waals surface area (Å²) in [6.45, 7) is 2.28. The quantitative estimate of drug-likeness (QED) is 0.717. The van der Waals surface area contributed by atoms with E-state index in [1.54, 1.807) is 7.11 Å². The fourth-order valence-electron chi connectivity index (χ4n) is 1.44. The van der Waals surface area contributed by atoms with Gasteiger partial charge in [0.05, 0.1) is 11.5 Å². The summed E-state index contributed by atoms with van der Waals surface area (Å²) in [6, 6.07) is 5.43. The number of nitrogens with zero attached hydrogens (tertiary/aromatic N) is 1. The Hall–Kier alpha value is -1.15. The highest BCUT2D eigenvalue weighted by Crippen LogP contribution is 2.13. The molecule has 1 rings (SSSR count). The lowest BCUT2D eigenvalue weighted by atomic mass is 10.3. The lowest BCUT2D eigenvalue weighted by Gasteiger charge is -2.16. The maximum atomic E-state index is 11.9. The number of nitrogens with one attached hydrogen (secondary N) is 1. The summed E-state index contributed by atoms with van der Waals surface area (Å²) in [7, 11) is 0.0108. The van der Waals surface area contributed by atoms with Crippen molar-refractivity contribution in [3.8, 4) is 5.75 Å². The molecule has 0 unspecified atom stereocenters. The van der Waals surface area contributed by atoms with E-state index in [0.717, 1.165) is 6.54 Å². The summed E-state index contributed by atoms with van der Waals surface area (Å²) < 4.78 is 31.3. The minimum absolute atomic E-state index is 0.0400. The van der Waals surface area contributed by atoms with Gasteiger partial charge in [-0.05, 0) is 31.3 Å². The number of likely N-dealkylation sites (N-methyl/N-ethyl adjacent to an activating group) is 1. The van der Waals surface area contributed by atoms with E-state index < -0.39 is 10.0 Å². The topological polar surface area (TPSA) is 78.9 Å². The molecular weight excluding hydrogens is 268 g/mol. The van der Waals surface area contributed by atoms with Crippen LogP contribution in [-0.2, 0) is 14.8 Å². The summed E-state index contributed by atoms with van der Waals surface area (Å²) >= 11 is 0. The Morgan fingerprint density at radius 3 is 2.47 bits per heavy atom. The van der Waals surface area contributed by atoms with Crippen molar-refractivity contribution < 1.29 is 18.3 Å². The van der Waals surface area contributed by atoms with E-state index in [9.17, 15) is 8.42 Å². The Kier molecular flexibility index (Phi) is 6.23. The van der Waals surface area contributed by atoms with Gasteiger partial charge in [-0.3, -0.25) is 0 Å². The summed E-state index contributed by atoms with van der Waals surface area (Å²) in [5, 5.41) is 9.12. The fourth-order valence-corrected chi connectivity index (χ4v) is 2.46. The molecule has 0 aliphatic heterocycles. The van der Waals surface area contributed by atoms with E-state index in [1.807, 2.05) is 11.9 Å². The molecule has 0 saturated heterocycles.